The number of thioether (sulfide) groups is 1. The number of amides is 1. The number of ether oxygens (including phenoxy) is 1. The third-order valence-electron chi connectivity index (χ3n) is 5.12. The van der Waals surface area contributed by atoms with E-state index in [0.717, 1.165) is 15.6 Å². The molecule has 4 rings (SSSR count). The molecule has 8 heteroatoms. The first-order valence-corrected chi connectivity index (χ1v) is 12.0. The van der Waals surface area contributed by atoms with Crippen molar-refractivity contribution in [2.24, 2.45) is 4.99 Å². The van der Waals surface area contributed by atoms with Crippen molar-refractivity contribution in [2.75, 3.05) is 7.05 Å². The van der Waals surface area contributed by atoms with Crippen molar-refractivity contribution < 1.29 is 19.4 Å². The molecule has 0 unspecified atom stereocenters. The number of aryl methyl sites for hydroxylation is 1. The molecule has 1 amide bonds. The molecule has 0 bridgehead atoms. The van der Waals surface area contributed by atoms with E-state index in [9.17, 15) is 9.59 Å². The fourth-order valence-corrected chi connectivity index (χ4v) is 4.55. The van der Waals surface area contributed by atoms with Gasteiger partial charge in [-0.25, -0.2) is 9.79 Å². The Kier molecular flexibility index (Phi) is 7.19. The Hall–Kier alpha value is -3.36. The van der Waals surface area contributed by atoms with Crippen molar-refractivity contribution in [3.05, 3.63) is 98.4 Å². The summed E-state index contributed by atoms with van der Waals surface area (Å²) in [6.45, 7) is 2.46. The molecule has 1 aliphatic rings. The number of amidine groups is 1. The topological polar surface area (TPSA) is 79.2 Å². The van der Waals surface area contributed by atoms with E-state index >= 15 is 0 Å². The standard InChI is InChI=1S/C26H21BrN2O4S/c1-16-3-5-17(6-4-16)15-33-22-12-9-20(27)13-19(22)14-23-24(30)29(2)26(34-23)28-21-10-7-18(8-11-21)25(31)32/h3-14H,15H2,1-2H3,(H,31,32)/b23-14-,28-26?. The van der Waals surface area contributed by atoms with E-state index in [1.165, 1.54) is 34.4 Å². The minimum atomic E-state index is -0.999. The van der Waals surface area contributed by atoms with Crippen LogP contribution in [0.3, 0.4) is 0 Å². The monoisotopic (exact) mass is 536 g/mol. The fraction of sp³-hybridized carbons (Fsp3) is 0.115. The maximum atomic E-state index is 12.9. The molecule has 0 radical (unpaired) electrons. The fourth-order valence-electron chi connectivity index (χ4n) is 3.19. The molecular formula is C26H21BrN2O4S. The lowest BCUT2D eigenvalue weighted by Gasteiger charge is -2.11. The van der Waals surface area contributed by atoms with Crippen LogP contribution < -0.4 is 4.74 Å². The second-order valence-electron chi connectivity index (χ2n) is 7.68. The number of benzene rings is 3. The van der Waals surface area contributed by atoms with Gasteiger partial charge in [-0.05, 0) is 72.8 Å². The Morgan fingerprint density at radius 3 is 2.50 bits per heavy atom. The molecule has 0 atom stereocenters. The van der Waals surface area contributed by atoms with Crippen LogP contribution in [-0.2, 0) is 11.4 Å². The van der Waals surface area contributed by atoms with Gasteiger partial charge in [0.05, 0.1) is 16.2 Å². The second-order valence-corrected chi connectivity index (χ2v) is 9.60. The van der Waals surface area contributed by atoms with E-state index < -0.39 is 5.97 Å². The summed E-state index contributed by atoms with van der Waals surface area (Å²) in [6, 6.07) is 20.0. The van der Waals surface area contributed by atoms with Gasteiger partial charge in [0.1, 0.15) is 12.4 Å². The van der Waals surface area contributed by atoms with E-state index in [1.807, 2.05) is 49.4 Å². The van der Waals surface area contributed by atoms with Crippen LogP contribution in [0.1, 0.15) is 27.0 Å². The Bertz CT molecular complexity index is 1300. The molecule has 1 heterocycles. The summed E-state index contributed by atoms with van der Waals surface area (Å²) in [6.07, 6.45) is 1.80. The zero-order chi connectivity index (χ0) is 24.2. The lowest BCUT2D eigenvalue weighted by atomic mass is 10.1. The van der Waals surface area contributed by atoms with Crippen LogP contribution in [0.4, 0.5) is 5.69 Å². The van der Waals surface area contributed by atoms with Gasteiger partial charge in [-0.2, -0.15) is 0 Å². The highest BCUT2D eigenvalue weighted by Crippen LogP contribution is 2.35. The van der Waals surface area contributed by atoms with Crippen molar-refractivity contribution in [1.82, 2.24) is 4.90 Å². The molecule has 3 aromatic rings. The van der Waals surface area contributed by atoms with Crippen molar-refractivity contribution in [2.45, 2.75) is 13.5 Å². The van der Waals surface area contributed by atoms with Crippen molar-refractivity contribution >= 4 is 56.5 Å². The van der Waals surface area contributed by atoms with Crippen molar-refractivity contribution in [1.29, 1.82) is 0 Å². The van der Waals surface area contributed by atoms with Crippen LogP contribution in [0, 0.1) is 6.92 Å². The number of halogens is 1. The van der Waals surface area contributed by atoms with Gasteiger partial charge in [-0.3, -0.25) is 9.69 Å². The summed E-state index contributed by atoms with van der Waals surface area (Å²) in [4.78, 5) is 30.4. The number of carboxylic acid groups (broad SMARTS) is 1. The molecule has 1 fully saturated rings. The summed E-state index contributed by atoms with van der Waals surface area (Å²) < 4.78 is 6.94. The SMILES string of the molecule is Cc1ccc(COc2ccc(Br)cc2/C=C2\SC(=Nc3ccc(C(=O)O)cc3)N(C)C2=O)cc1. The summed E-state index contributed by atoms with van der Waals surface area (Å²) >= 11 is 4.75. The zero-order valence-electron chi connectivity index (χ0n) is 18.5. The van der Waals surface area contributed by atoms with Gasteiger partial charge in [-0.15, -0.1) is 0 Å². The van der Waals surface area contributed by atoms with Crippen LogP contribution in [0.15, 0.2) is 81.1 Å². The molecule has 34 heavy (non-hydrogen) atoms. The highest BCUT2D eigenvalue weighted by molar-refractivity contribution is 9.10. The van der Waals surface area contributed by atoms with Gasteiger partial charge >= 0.3 is 5.97 Å². The third kappa shape index (κ3) is 5.58. The molecule has 0 saturated carbocycles. The van der Waals surface area contributed by atoms with Gasteiger partial charge in [0, 0.05) is 17.1 Å². The molecule has 0 spiro atoms. The zero-order valence-corrected chi connectivity index (χ0v) is 20.9. The Morgan fingerprint density at radius 1 is 1.12 bits per heavy atom. The molecule has 1 saturated heterocycles. The second kappa shape index (κ2) is 10.3. The number of nitrogens with zero attached hydrogens (tertiary/aromatic N) is 2. The van der Waals surface area contributed by atoms with E-state index in [-0.39, 0.29) is 11.5 Å². The molecule has 3 aromatic carbocycles. The number of aromatic carboxylic acids is 1. The minimum absolute atomic E-state index is 0.171. The number of aliphatic imine (C=N–C) groups is 1. The predicted octanol–water partition coefficient (Wildman–Crippen LogP) is 6.27. The first-order valence-electron chi connectivity index (χ1n) is 10.4. The Labute approximate surface area is 210 Å². The van der Waals surface area contributed by atoms with E-state index in [1.54, 1.807) is 25.3 Å². The average Bonchev–Trinajstić information content (AvgIpc) is 3.07. The van der Waals surface area contributed by atoms with Gasteiger partial charge in [0.25, 0.3) is 5.91 Å². The first-order chi connectivity index (χ1) is 16.3. The van der Waals surface area contributed by atoms with Crippen LogP contribution in [0.2, 0.25) is 0 Å². The molecule has 0 aliphatic carbocycles. The number of carbonyl (C=O) groups is 2. The van der Waals surface area contributed by atoms with Crippen LogP contribution >= 0.6 is 27.7 Å². The molecule has 172 valence electrons. The van der Waals surface area contributed by atoms with E-state index in [2.05, 4.69) is 20.9 Å². The van der Waals surface area contributed by atoms with Crippen LogP contribution in [0.25, 0.3) is 6.08 Å². The molecule has 1 aliphatic heterocycles. The Morgan fingerprint density at radius 2 is 1.82 bits per heavy atom. The van der Waals surface area contributed by atoms with Crippen LogP contribution in [0.5, 0.6) is 5.75 Å². The van der Waals surface area contributed by atoms with Crippen molar-refractivity contribution in [3.63, 3.8) is 0 Å². The predicted molar refractivity (Wildman–Crippen MR) is 138 cm³/mol. The normalized spacial score (nSPS) is 15.9. The highest BCUT2D eigenvalue weighted by Gasteiger charge is 2.30. The highest BCUT2D eigenvalue weighted by atomic mass is 79.9. The van der Waals surface area contributed by atoms with Crippen LogP contribution in [-0.4, -0.2) is 34.1 Å². The number of carbonyl (C=O) groups excluding carboxylic acids is 1. The summed E-state index contributed by atoms with van der Waals surface area (Å²) in [5, 5.41) is 9.56. The maximum absolute atomic E-state index is 12.9. The first kappa shape index (κ1) is 23.8. The Balaban J connectivity index is 1.57. The van der Waals surface area contributed by atoms with Gasteiger partial charge in [-0.1, -0.05) is 45.8 Å². The maximum Gasteiger partial charge on any atom is 0.335 e. The summed E-state index contributed by atoms with van der Waals surface area (Å²) in [5.74, 6) is -0.501. The third-order valence-corrected chi connectivity index (χ3v) is 6.67. The number of hydrogen-bond acceptors (Lipinski definition) is 5. The van der Waals surface area contributed by atoms with Gasteiger partial charge in [0.15, 0.2) is 5.17 Å². The van der Waals surface area contributed by atoms with Gasteiger partial charge < -0.3 is 9.84 Å². The smallest absolute Gasteiger partial charge is 0.335 e. The largest absolute Gasteiger partial charge is 0.488 e. The lowest BCUT2D eigenvalue weighted by Crippen LogP contribution is -2.23. The molecule has 6 nitrogen and oxygen atoms in total. The van der Waals surface area contributed by atoms with E-state index in [0.29, 0.717) is 28.1 Å². The number of carboxylic acids is 1. The molecule has 1 N–H and O–H groups in total. The number of rotatable bonds is 6. The lowest BCUT2D eigenvalue weighted by molar-refractivity contribution is -0.121. The summed E-state index contributed by atoms with van der Waals surface area (Å²) in [7, 11) is 1.66. The average molecular weight is 537 g/mol. The number of hydrogen-bond donors (Lipinski definition) is 1. The molecular weight excluding hydrogens is 516 g/mol. The van der Waals surface area contributed by atoms with Gasteiger partial charge in [0.2, 0.25) is 0 Å². The quantitative estimate of drug-likeness (QED) is 0.375. The number of likely N-dealkylation sites (N-methyl/N-ethyl adjacent to an activating group) is 1. The molecule has 0 aromatic heterocycles. The minimum Gasteiger partial charge on any atom is -0.488 e. The summed E-state index contributed by atoms with van der Waals surface area (Å²) in [5.41, 5.74) is 3.77. The van der Waals surface area contributed by atoms with Crippen molar-refractivity contribution in [3.8, 4) is 5.75 Å². The van der Waals surface area contributed by atoms with E-state index in [4.69, 9.17) is 9.84 Å².